The van der Waals surface area contributed by atoms with Gasteiger partial charge in [-0.2, -0.15) is 0 Å². The largest absolute Gasteiger partial charge is 0.378 e. The van der Waals surface area contributed by atoms with E-state index in [0.717, 1.165) is 48.4 Å². The Kier molecular flexibility index (Phi) is 2.76. The Morgan fingerprint density at radius 3 is 3.00 bits per heavy atom. The summed E-state index contributed by atoms with van der Waals surface area (Å²) in [6.07, 6.45) is 0.835. The lowest BCUT2D eigenvalue weighted by atomic mass is 10.1. The lowest BCUT2D eigenvalue weighted by molar-refractivity contribution is 0.0933. The van der Waals surface area contributed by atoms with Crippen molar-refractivity contribution in [1.29, 1.82) is 0 Å². The predicted octanol–water partition coefficient (Wildman–Crippen LogP) is 0.654. The molecule has 1 fully saturated rings. The number of anilines is 1. The first-order valence-electron chi connectivity index (χ1n) is 5.87. The number of fused-ring (bicyclic) bond motifs is 1. The van der Waals surface area contributed by atoms with E-state index in [1.165, 1.54) is 11.3 Å². The van der Waals surface area contributed by atoms with Gasteiger partial charge in [0.15, 0.2) is 5.13 Å². The van der Waals surface area contributed by atoms with Gasteiger partial charge in [0.1, 0.15) is 4.88 Å². The molecule has 1 unspecified atom stereocenters. The minimum absolute atomic E-state index is 0.0239. The number of carbonyl (C=O) groups is 1. The van der Waals surface area contributed by atoms with Crippen molar-refractivity contribution in [3.63, 3.8) is 0 Å². The number of rotatable bonds is 1. The van der Waals surface area contributed by atoms with Crippen LogP contribution in [0.4, 0.5) is 5.13 Å². The van der Waals surface area contributed by atoms with Crippen molar-refractivity contribution < 1.29 is 9.53 Å². The summed E-state index contributed by atoms with van der Waals surface area (Å²) in [4.78, 5) is 19.4. The van der Waals surface area contributed by atoms with Crippen LogP contribution < -0.4 is 10.2 Å². The summed E-state index contributed by atoms with van der Waals surface area (Å²) in [5.74, 6) is 0.0239. The van der Waals surface area contributed by atoms with Crippen molar-refractivity contribution in [2.45, 2.75) is 19.4 Å². The maximum absolute atomic E-state index is 11.8. The average Bonchev–Trinajstić information content (AvgIpc) is 2.74. The first-order valence-corrected chi connectivity index (χ1v) is 6.69. The third-order valence-electron chi connectivity index (χ3n) is 3.05. The molecule has 0 aliphatic carbocycles. The lowest BCUT2D eigenvalue weighted by Gasteiger charge is -2.25. The van der Waals surface area contributed by atoms with Gasteiger partial charge < -0.3 is 15.0 Å². The molecule has 0 saturated carbocycles. The summed E-state index contributed by atoms with van der Waals surface area (Å²) in [5, 5.41) is 3.90. The van der Waals surface area contributed by atoms with E-state index in [1.54, 1.807) is 0 Å². The maximum atomic E-state index is 11.8. The van der Waals surface area contributed by atoms with Gasteiger partial charge >= 0.3 is 0 Å². The van der Waals surface area contributed by atoms with Gasteiger partial charge in [-0.15, -0.1) is 0 Å². The molecule has 1 aromatic rings. The number of hydrogen-bond acceptors (Lipinski definition) is 5. The van der Waals surface area contributed by atoms with Crippen molar-refractivity contribution in [3.8, 4) is 0 Å². The van der Waals surface area contributed by atoms with Crippen molar-refractivity contribution in [1.82, 2.24) is 10.3 Å². The van der Waals surface area contributed by atoms with Crippen LogP contribution in [0.15, 0.2) is 0 Å². The van der Waals surface area contributed by atoms with E-state index in [4.69, 9.17) is 4.74 Å². The molecule has 3 rings (SSSR count). The normalized spacial score (nSPS) is 24.4. The molecule has 1 N–H and O–H groups in total. The molecule has 1 aromatic heterocycles. The minimum Gasteiger partial charge on any atom is -0.378 e. The van der Waals surface area contributed by atoms with E-state index in [9.17, 15) is 4.79 Å². The second-order valence-electron chi connectivity index (χ2n) is 4.45. The molecule has 1 saturated heterocycles. The van der Waals surface area contributed by atoms with Gasteiger partial charge in [0.05, 0.1) is 18.9 Å². The summed E-state index contributed by atoms with van der Waals surface area (Å²) in [6, 6.07) is 0.189. The van der Waals surface area contributed by atoms with Gasteiger partial charge in [-0.05, 0) is 6.92 Å². The van der Waals surface area contributed by atoms with E-state index >= 15 is 0 Å². The van der Waals surface area contributed by atoms with Crippen LogP contribution in [0, 0.1) is 0 Å². The molecular weight excluding hydrogens is 238 g/mol. The Hall–Kier alpha value is -1.14. The SMILES string of the molecule is CC1Cc2nc(N3CCOCC3)sc2C(=O)N1. The smallest absolute Gasteiger partial charge is 0.263 e. The number of ether oxygens (including phenoxy) is 1. The number of hydrogen-bond donors (Lipinski definition) is 1. The molecule has 92 valence electrons. The molecule has 1 atom stereocenters. The molecule has 2 aliphatic heterocycles. The Morgan fingerprint density at radius 1 is 1.47 bits per heavy atom. The Labute approximate surface area is 104 Å². The highest BCUT2D eigenvalue weighted by molar-refractivity contribution is 7.17. The van der Waals surface area contributed by atoms with E-state index < -0.39 is 0 Å². The fourth-order valence-electron chi connectivity index (χ4n) is 2.18. The number of nitrogens with one attached hydrogen (secondary N) is 1. The highest BCUT2D eigenvalue weighted by atomic mass is 32.1. The summed E-state index contributed by atoms with van der Waals surface area (Å²) in [5.41, 5.74) is 0.952. The fraction of sp³-hybridized carbons (Fsp3) is 0.636. The summed E-state index contributed by atoms with van der Waals surface area (Å²) >= 11 is 1.50. The van der Waals surface area contributed by atoms with Gasteiger partial charge in [0, 0.05) is 25.6 Å². The summed E-state index contributed by atoms with van der Waals surface area (Å²) < 4.78 is 5.32. The van der Waals surface area contributed by atoms with E-state index in [2.05, 4.69) is 15.2 Å². The summed E-state index contributed by atoms with van der Waals surface area (Å²) in [6.45, 7) is 5.22. The number of aromatic nitrogens is 1. The first-order chi connectivity index (χ1) is 8.24. The standard InChI is InChI=1S/C11H15N3O2S/c1-7-6-8-9(10(15)12-7)17-11(13-8)14-2-4-16-5-3-14/h7H,2-6H2,1H3,(H,12,15). The second-order valence-corrected chi connectivity index (χ2v) is 5.43. The Morgan fingerprint density at radius 2 is 2.24 bits per heavy atom. The molecule has 0 spiro atoms. The van der Waals surface area contributed by atoms with E-state index in [1.807, 2.05) is 6.92 Å². The van der Waals surface area contributed by atoms with Crippen molar-refractivity contribution in [3.05, 3.63) is 10.6 Å². The number of amides is 1. The average molecular weight is 253 g/mol. The van der Waals surface area contributed by atoms with Gasteiger partial charge in [-0.1, -0.05) is 11.3 Å². The van der Waals surface area contributed by atoms with Crippen LogP contribution in [0.1, 0.15) is 22.3 Å². The zero-order chi connectivity index (χ0) is 11.8. The van der Waals surface area contributed by atoms with E-state index in [-0.39, 0.29) is 11.9 Å². The van der Waals surface area contributed by atoms with Gasteiger partial charge in [-0.25, -0.2) is 4.98 Å². The van der Waals surface area contributed by atoms with E-state index in [0.29, 0.717) is 0 Å². The summed E-state index contributed by atoms with van der Waals surface area (Å²) in [7, 11) is 0. The van der Waals surface area contributed by atoms with Gasteiger partial charge in [0.2, 0.25) is 0 Å². The molecule has 1 amide bonds. The van der Waals surface area contributed by atoms with Crippen LogP contribution in [-0.4, -0.2) is 43.2 Å². The highest BCUT2D eigenvalue weighted by Gasteiger charge is 2.27. The van der Waals surface area contributed by atoms with Crippen LogP contribution in [0.2, 0.25) is 0 Å². The monoisotopic (exact) mass is 253 g/mol. The van der Waals surface area contributed by atoms with Crippen LogP contribution in [-0.2, 0) is 11.2 Å². The van der Waals surface area contributed by atoms with Gasteiger partial charge in [-0.3, -0.25) is 4.79 Å². The third-order valence-corrected chi connectivity index (χ3v) is 4.21. The quantitative estimate of drug-likeness (QED) is 0.798. The van der Waals surface area contributed by atoms with Crippen LogP contribution in [0.25, 0.3) is 0 Å². The molecule has 0 radical (unpaired) electrons. The van der Waals surface area contributed by atoms with Crippen molar-refractivity contribution in [2.75, 3.05) is 31.2 Å². The number of nitrogens with zero attached hydrogens (tertiary/aromatic N) is 2. The predicted molar refractivity (Wildman–Crippen MR) is 65.8 cm³/mol. The Bertz CT molecular complexity index is 440. The second kappa shape index (κ2) is 4.27. The molecule has 0 bridgehead atoms. The molecule has 5 nitrogen and oxygen atoms in total. The molecule has 6 heteroatoms. The molecule has 3 heterocycles. The number of thiazole rings is 1. The number of carbonyl (C=O) groups excluding carboxylic acids is 1. The lowest BCUT2D eigenvalue weighted by Crippen LogP contribution is -2.38. The highest BCUT2D eigenvalue weighted by Crippen LogP contribution is 2.29. The van der Waals surface area contributed by atoms with Gasteiger partial charge in [0.25, 0.3) is 5.91 Å². The third kappa shape index (κ3) is 2.02. The molecular formula is C11H15N3O2S. The zero-order valence-electron chi connectivity index (χ0n) is 9.73. The van der Waals surface area contributed by atoms with Crippen LogP contribution >= 0.6 is 11.3 Å². The zero-order valence-corrected chi connectivity index (χ0v) is 10.5. The molecule has 2 aliphatic rings. The molecule has 0 aromatic carbocycles. The Balaban J connectivity index is 1.88. The number of morpholine rings is 1. The van der Waals surface area contributed by atoms with Crippen molar-refractivity contribution >= 4 is 22.4 Å². The fourth-order valence-corrected chi connectivity index (χ4v) is 3.22. The van der Waals surface area contributed by atoms with Crippen LogP contribution in [0.3, 0.4) is 0 Å². The minimum atomic E-state index is 0.0239. The first kappa shape index (κ1) is 11.0. The molecule has 17 heavy (non-hydrogen) atoms. The maximum Gasteiger partial charge on any atom is 0.263 e. The topological polar surface area (TPSA) is 54.5 Å². The van der Waals surface area contributed by atoms with Crippen LogP contribution in [0.5, 0.6) is 0 Å². The van der Waals surface area contributed by atoms with Crippen molar-refractivity contribution in [2.24, 2.45) is 0 Å².